The molecule has 0 bridgehead atoms. The van der Waals surface area contributed by atoms with Crippen molar-refractivity contribution in [3.8, 4) is 5.75 Å². The van der Waals surface area contributed by atoms with E-state index in [2.05, 4.69) is 17.4 Å². The first-order chi connectivity index (χ1) is 16.2. The van der Waals surface area contributed by atoms with E-state index in [0.717, 1.165) is 35.1 Å². The molecule has 0 aromatic heterocycles. The monoisotopic (exact) mass is 433 g/mol. The van der Waals surface area contributed by atoms with E-state index in [-0.39, 0.29) is 17.9 Å². The number of amides is 1. The van der Waals surface area contributed by atoms with Gasteiger partial charge in [-0.25, -0.2) is 0 Å². The second kappa shape index (κ2) is 9.33. The Balaban J connectivity index is 1.55. The summed E-state index contributed by atoms with van der Waals surface area (Å²) < 4.78 is 0. The van der Waals surface area contributed by atoms with E-state index in [4.69, 9.17) is 0 Å². The van der Waals surface area contributed by atoms with Crippen LogP contribution < -0.4 is 5.32 Å². The van der Waals surface area contributed by atoms with Crippen LogP contribution in [0.4, 0.5) is 0 Å². The van der Waals surface area contributed by atoms with E-state index < -0.39 is 5.92 Å². The molecule has 0 unspecified atom stereocenters. The summed E-state index contributed by atoms with van der Waals surface area (Å²) >= 11 is 0. The Morgan fingerprint density at radius 2 is 1.33 bits per heavy atom. The molecule has 2 N–H and O–H groups in total. The van der Waals surface area contributed by atoms with Crippen molar-refractivity contribution in [3.63, 3.8) is 0 Å². The molecule has 1 amide bonds. The number of carbonyl (C=O) groups is 1. The van der Waals surface area contributed by atoms with Gasteiger partial charge >= 0.3 is 0 Å². The Morgan fingerprint density at radius 1 is 0.758 bits per heavy atom. The Bertz CT molecular complexity index is 1180. The molecule has 1 aliphatic rings. The van der Waals surface area contributed by atoms with Crippen LogP contribution in [0.5, 0.6) is 5.75 Å². The summed E-state index contributed by atoms with van der Waals surface area (Å²) in [5.74, 6) is -0.00129. The van der Waals surface area contributed by atoms with Gasteiger partial charge in [-0.3, -0.25) is 4.79 Å². The summed E-state index contributed by atoms with van der Waals surface area (Å²) in [5.41, 5.74) is 5.07. The van der Waals surface area contributed by atoms with E-state index in [1.54, 1.807) is 6.07 Å². The third kappa shape index (κ3) is 4.27. The second-order valence-electron chi connectivity index (χ2n) is 8.64. The fraction of sp³-hybridized carbons (Fsp3) is 0.167. The van der Waals surface area contributed by atoms with Gasteiger partial charge in [-0.15, -0.1) is 0 Å². The molecule has 0 fully saturated rings. The molecule has 0 aliphatic heterocycles. The van der Waals surface area contributed by atoms with Gasteiger partial charge in [0.25, 0.3) is 0 Å². The van der Waals surface area contributed by atoms with Crippen molar-refractivity contribution in [1.29, 1.82) is 0 Å². The lowest BCUT2D eigenvalue weighted by Crippen LogP contribution is -2.38. The molecule has 164 valence electrons. The number of hydrogen-bond donors (Lipinski definition) is 2. The SMILES string of the molecule is O=C(N[C@H]1c2cccc(O)c2CC[C@@H]1c1ccccc1)C(c1ccccc1)c1ccccc1. The number of phenolic OH excluding ortho intramolecular Hbond substituents is 1. The molecule has 4 aromatic carbocycles. The van der Waals surface area contributed by atoms with E-state index in [9.17, 15) is 9.90 Å². The predicted molar refractivity (Wildman–Crippen MR) is 131 cm³/mol. The van der Waals surface area contributed by atoms with Crippen LogP contribution in [0.2, 0.25) is 0 Å². The minimum Gasteiger partial charge on any atom is -0.508 e. The largest absolute Gasteiger partial charge is 0.508 e. The zero-order chi connectivity index (χ0) is 22.6. The van der Waals surface area contributed by atoms with E-state index in [0.29, 0.717) is 5.75 Å². The molecular formula is C30H27NO2. The smallest absolute Gasteiger partial charge is 0.232 e. The summed E-state index contributed by atoms with van der Waals surface area (Å²) in [4.78, 5) is 13.9. The van der Waals surface area contributed by atoms with Gasteiger partial charge < -0.3 is 10.4 Å². The van der Waals surface area contributed by atoms with Crippen molar-refractivity contribution in [1.82, 2.24) is 5.32 Å². The lowest BCUT2D eigenvalue weighted by molar-refractivity contribution is -0.122. The summed E-state index contributed by atoms with van der Waals surface area (Å²) in [6.45, 7) is 0. The van der Waals surface area contributed by atoms with Gasteiger partial charge in [0.2, 0.25) is 5.91 Å². The molecule has 33 heavy (non-hydrogen) atoms. The van der Waals surface area contributed by atoms with E-state index >= 15 is 0 Å². The predicted octanol–water partition coefficient (Wildman–Crippen LogP) is 6.11. The summed E-state index contributed by atoms with van der Waals surface area (Å²) in [6.07, 6.45) is 1.65. The standard InChI is InChI=1S/C30H27NO2/c32-27-18-10-17-26-25(27)20-19-24(21-11-4-1-5-12-21)29(26)31-30(33)28(22-13-6-2-7-14-22)23-15-8-3-9-16-23/h1-18,24,28-29,32H,19-20H2,(H,31,33)/t24-,29-/m1/s1. The highest BCUT2D eigenvalue weighted by atomic mass is 16.3. The number of phenols is 1. The van der Waals surface area contributed by atoms with E-state index in [1.807, 2.05) is 91.0 Å². The van der Waals surface area contributed by atoms with Crippen molar-refractivity contribution in [3.05, 3.63) is 137 Å². The van der Waals surface area contributed by atoms with Crippen LogP contribution >= 0.6 is 0 Å². The molecule has 1 aliphatic carbocycles. The van der Waals surface area contributed by atoms with Crippen LogP contribution in [0.15, 0.2) is 109 Å². The Morgan fingerprint density at radius 3 is 1.94 bits per heavy atom. The maximum absolute atomic E-state index is 13.9. The van der Waals surface area contributed by atoms with Gasteiger partial charge in [0.1, 0.15) is 5.75 Å². The second-order valence-corrected chi connectivity index (χ2v) is 8.64. The third-order valence-corrected chi connectivity index (χ3v) is 6.68. The van der Waals surface area contributed by atoms with Gasteiger partial charge in [0.15, 0.2) is 0 Å². The molecule has 3 heteroatoms. The molecule has 0 saturated carbocycles. The molecule has 0 spiro atoms. The molecule has 0 heterocycles. The minimum absolute atomic E-state index is 0.0328. The quantitative estimate of drug-likeness (QED) is 0.399. The fourth-order valence-electron chi connectivity index (χ4n) is 5.10. The van der Waals surface area contributed by atoms with Crippen LogP contribution in [-0.4, -0.2) is 11.0 Å². The average molecular weight is 434 g/mol. The number of benzene rings is 4. The Hall–Kier alpha value is -3.85. The highest BCUT2D eigenvalue weighted by Crippen LogP contribution is 2.44. The number of rotatable bonds is 5. The zero-order valence-corrected chi connectivity index (χ0v) is 18.4. The highest BCUT2D eigenvalue weighted by Gasteiger charge is 2.35. The van der Waals surface area contributed by atoms with Crippen LogP contribution in [0.3, 0.4) is 0 Å². The van der Waals surface area contributed by atoms with Crippen LogP contribution in [0.25, 0.3) is 0 Å². The zero-order valence-electron chi connectivity index (χ0n) is 18.4. The van der Waals surface area contributed by atoms with Gasteiger partial charge in [-0.05, 0) is 46.7 Å². The lowest BCUT2D eigenvalue weighted by atomic mass is 9.75. The first-order valence-electron chi connectivity index (χ1n) is 11.5. The topological polar surface area (TPSA) is 49.3 Å². The Kier molecular flexibility index (Phi) is 5.95. The summed E-state index contributed by atoms with van der Waals surface area (Å²) in [5, 5.41) is 13.9. The maximum atomic E-state index is 13.9. The molecule has 3 nitrogen and oxygen atoms in total. The van der Waals surface area contributed by atoms with Gasteiger partial charge in [0.05, 0.1) is 12.0 Å². The van der Waals surface area contributed by atoms with Crippen LogP contribution in [0.1, 0.15) is 52.1 Å². The molecule has 2 atom stereocenters. The van der Waals surface area contributed by atoms with E-state index in [1.165, 1.54) is 5.56 Å². The van der Waals surface area contributed by atoms with Gasteiger partial charge in [-0.1, -0.05) is 103 Å². The molecule has 5 rings (SSSR count). The molecule has 0 radical (unpaired) electrons. The molecule has 0 saturated heterocycles. The highest BCUT2D eigenvalue weighted by molar-refractivity contribution is 5.87. The Labute approximate surface area is 194 Å². The van der Waals surface area contributed by atoms with Crippen molar-refractivity contribution in [2.24, 2.45) is 0 Å². The minimum atomic E-state index is -0.411. The fourth-order valence-corrected chi connectivity index (χ4v) is 5.10. The normalized spacial score (nSPS) is 17.4. The van der Waals surface area contributed by atoms with Gasteiger partial charge in [0, 0.05) is 5.92 Å². The van der Waals surface area contributed by atoms with Crippen LogP contribution in [0, 0.1) is 0 Å². The third-order valence-electron chi connectivity index (χ3n) is 6.68. The number of hydrogen-bond acceptors (Lipinski definition) is 2. The van der Waals surface area contributed by atoms with Gasteiger partial charge in [-0.2, -0.15) is 0 Å². The number of aromatic hydroxyl groups is 1. The molecule has 4 aromatic rings. The first kappa shape index (κ1) is 21.0. The van der Waals surface area contributed by atoms with Crippen molar-refractivity contribution < 1.29 is 9.90 Å². The van der Waals surface area contributed by atoms with Crippen molar-refractivity contribution in [2.45, 2.75) is 30.7 Å². The lowest BCUT2D eigenvalue weighted by Gasteiger charge is -2.36. The first-order valence-corrected chi connectivity index (χ1v) is 11.5. The number of nitrogens with one attached hydrogen (secondary N) is 1. The van der Waals surface area contributed by atoms with Crippen LogP contribution in [-0.2, 0) is 11.2 Å². The number of fused-ring (bicyclic) bond motifs is 1. The van der Waals surface area contributed by atoms with Crippen molar-refractivity contribution in [2.75, 3.05) is 0 Å². The summed E-state index contributed by atoms with van der Waals surface area (Å²) in [6, 6.07) is 35.6. The number of carbonyl (C=O) groups excluding carboxylic acids is 1. The summed E-state index contributed by atoms with van der Waals surface area (Å²) in [7, 11) is 0. The maximum Gasteiger partial charge on any atom is 0.232 e. The molecular weight excluding hydrogens is 406 g/mol. The van der Waals surface area contributed by atoms with Crippen molar-refractivity contribution >= 4 is 5.91 Å². The average Bonchev–Trinajstić information content (AvgIpc) is 2.87.